The molecule has 0 aliphatic heterocycles. The largest absolute Gasteiger partial charge is 0.455 e. The molecule has 0 atom stereocenters. The molecule has 0 spiro atoms. The summed E-state index contributed by atoms with van der Waals surface area (Å²) in [6.07, 6.45) is 0. The lowest BCUT2D eigenvalue weighted by molar-refractivity contribution is 0.667. The SMILES string of the molecule is c1ccc(-c2ccc3c4ccccc4n(-c4nc(-c5ccccc5)nc(-c5cccc6c5oc5cc(-c7nc(-c8ccccc8)c8oc9ccccc9c8n7)ccc56)n4)c3c2)cc1. The number of hydrogen-bond acceptors (Lipinski definition) is 7. The van der Waals surface area contributed by atoms with Gasteiger partial charge in [-0.3, -0.25) is 4.57 Å². The molecule has 0 N–H and O–H groups in total. The van der Waals surface area contributed by atoms with Gasteiger partial charge in [-0.2, -0.15) is 9.97 Å². The van der Waals surface area contributed by atoms with Crippen molar-refractivity contribution < 1.29 is 8.83 Å². The van der Waals surface area contributed by atoms with Crippen LogP contribution in [0.15, 0.2) is 203 Å². The predicted molar refractivity (Wildman–Crippen MR) is 251 cm³/mol. The zero-order chi connectivity index (χ0) is 41.4. The van der Waals surface area contributed by atoms with Crippen molar-refractivity contribution in [2.24, 2.45) is 0 Å². The van der Waals surface area contributed by atoms with E-state index in [4.69, 9.17) is 33.8 Å². The summed E-state index contributed by atoms with van der Waals surface area (Å²) in [5, 5.41) is 5.08. The van der Waals surface area contributed by atoms with E-state index in [9.17, 15) is 0 Å². The van der Waals surface area contributed by atoms with Crippen molar-refractivity contribution in [2.75, 3.05) is 0 Å². The van der Waals surface area contributed by atoms with Gasteiger partial charge in [-0.05, 0) is 53.6 Å². The third-order valence-electron chi connectivity index (χ3n) is 11.9. The van der Waals surface area contributed by atoms with Gasteiger partial charge >= 0.3 is 0 Å². The van der Waals surface area contributed by atoms with Crippen LogP contribution in [-0.4, -0.2) is 29.5 Å². The van der Waals surface area contributed by atoms with E-state index in [2.05, 4.69) is 89.5 Å². The molecule has 13 rings (SSSR count). The minimum atomic E-state index is 0.502. The summed E-state index contributed by atoms with van der Waals surface area (Å²) in [5.74, 6) is 2.15. The Morgan fingerprint density at radius 3 is 1.78 bits per heavy atom. The summed E-state index contributed by atoms with van der Waals surface area (Å²) in [6.45, 7) is 0. The van der Waals surface area contributed by atoms with Crippen molar-refractivity contribution in [3.63, 3.8) is 0 Å². The third-order valence-corrected chi connectivity index (χ3v) is 11.9. The van der Waals surface area contributed by atoms with E-state index in [0.29, 0.717) is 40.2 Å². The lowest BCUT2D eigenvalue weighted by atomic mass is 10.0. The van der Waals surface area contributed by atoms with E-state index in [1.54, 1.807) is 0 Å². The van der Waals surface area contributed by atoms with Crippen molar-refractivity contribution in [2.45, 2.75) is 0 Å². The zero-order valence-electron chi connectivity index (χ0n) is 33.5. The molecule has 5 aromatic heterocycles. The van der Waals surface area contributed by atoms with Gasteiger partial charge in [0.1, 0.15) is 28.0 Å². The lowest BCUT2D eigenvalue weighted by Crippen LogP contribution is -2.06. The number of aromatic nitrogens is 6. The maximum atomic E-state index is 6.86. The number of benzene rings is 8. The molecule has 8 aromatic carbocycles. The minimum Gasteiger partial charge on any atom is -0.455 e. The molecule has 8 heteroatoms. The highest BCUT2D eigenvalue weighted by Gasteiger charge is 2.22. The zero-order valence-corrected chi connectivity index (χ0v) is 33.5. The second-order valence-corrected chi connectivity index (χ2v) is 15.6. The Labute approximate surface area is 359 Å². The predicted octanol–water partition coefficient (Wildman–Crippen LogP) is 13.9. The number of nitrogens with zero attached hydrogens (tertiary/aromatic N) is 6. The fourth-order valence-electron chi connectivity index (χ4n) is 8.92. The van der Waals surface area contributed by atoms with Gasteiger partial charge in [0.25, 0.3) is 0 Å². The molecule has 0 fully saturated rings. The van der Waals surface area contributed by atoms with Crippen LogP contribution in [-0.2, 0) is 0 Å². The summed E-state index contributed by atoms with van der Waals surface area (Å²) < 4.78 is 15.4. The number of hydrogen-bond donors (Lipinski definition) is 0. The van der Waals surface area contributed by atoms with Gasteiger partial charge in [0.05, 0.1) is 16.6 Å². The second kappa shape index (κ2) is 13.9. The molecular weight excluding hydrogens is 777 g/mol. The quantitative estimate of drug-likeness (QED) is 0.165. The molecule has 294 valence electrons. The normalized spacial score (nSPS) is 11.8. The van der Waals surface area contributed by atoms with E-state index in [0.717, 1.165) is 88.1 Å². The van der Waals surface area contributed by atoms with Crippen LogP contribution < -0.4 is 0 Å². The highest BCUT2D eigenvalue weighted by molar-refractivity contribution is 6.12. The lowest BCUT2D eigenvalue weighted by Gasteiger charge is -2.11. The first-order valence-electron chi connectivity index (χ1n) is 20.8. The summed E-state index contributed by atoms with van der Waals surface area (Å²) in [4.78, 5) is 25.9. The first-order chi connectivity index (χ1) is 31.2. The van der Waals surface area contributed by atoms with Gasteiger partial charge in [0, 0.05) is 43.6 Å². The standard InChI is InChI=1S/C55H32N6O2/c1-4-15-33(16-5-1)36-27-29-39-38-21-10-12-25-44(38)61(45(39)31-36)55-59-52(35-19-8-3-9-20-35)58-54(60-55)43-24-14-23-41-40-30-28-37(32-47(40)63-50(41)43)53-56-48(34-17-6-2-7-18-34)51-49(57-53)42-22-11-13-26-46(42)62-51/h1-32H. The Balaban J connectivity index is 1.01. The van der Waals surface area contributed by atoms with Crippen LogP contribution in [0.25, 0.3) is 128 Å². The molecule has 0 amide bonds. The molecule has 63 heavy (non-hydrogen) atoms. The van der Waals surface area contributed by atoms with Crippen LogP contribution >= 0.6 is 0 Å². The van der Waals surface area contributed by atoms with Gasteiger partial charge in [-0.1, -0.05) is 152 Å². The molecule has 8 nitrogen and oxygen atoms in total. The molecular formula is C55H32N6O2. The van der Waals surface area contributed by atoms with Crippen LogP contribution in [0.2, 0.25) is 0 Å². The first kappa shape index (κ1) is 35.0. The smallest absolute Gasteiger partial charge is 0.238 e. The Kier molecular flexibility index (Phi) is 7.74. The summed E-state index contributed by atoms with van der Waals surface area (Å²) in [5.41, 5.74) is 12.0. The highest BCUT2D eigenvalue weighted by atomic mass is 16.3. The fourth-order valence-corrected chi connectivity index (χ4v) is 8.92. The molecule has 0 aliphatic carbocycles. The third kappa shape index (κ3) is 5.66. The Morgan fingerprint density at radius 2 is 0.952 bits per heavy atom. The summed E-state index contributed by atoms with van der Waals surface area (Å²) in [6, 6.07) is 65.9. The number of para-hydroxylation sites is 3. The summed E-state index contributed by atoms with van der Waals surface area (Å²) in [7, 11) is 0. The van der Waals surface area contributed by atoms with E-state index in [1.807, 2.05) is 109 Å². The molecule has 0 radical (unpaired) electrons. The van der Waals surface area contributed by atoms with Crippen LogP contribution in [0, 0.1) is 0 Å². The maximum Gasteiger partial charge on any atom is 0.238 e. The molecule has 0 saturated carbocycles. The van der Waals surface area contributed by atoms with Crippen molar-refractivity contribution >= 4 is 65.8 Å². The molecule has 0 unspecified atom stereocenters. The molecule has 0 bridgehead atoms. The van der Waals surface area contributed by atoms with Gasteiger partial charge in [-0.15, -0.1) is 0 Å². The van der Waals surface area contributed by atoms with E-state index < -0.39 is 0 Å². The van der Waals surface area contributed by atoms with E-state index in [1.165, 1.54) is 0 Å². The first-order valence-corrected chi connectivity index (χ1v) is 20.8. The minimum absolute atomic E-state index is 0.502. The van der Waals surface area contributed by atoms with Crippen LogP contribution in [0.3, 0.4) is 0 Å². The molecule has 13 aromatic rings. The van der Waals surface area contributed by atoms with Crippen molar-refractivity contribution in [3.05, 3.63) is 194 Å². The van der Waals surface area contributed by atoms with E-state index in [-0.39, 0.29) is 0 Å². The Morgan fingerprint density at radius 1 is 0.333 bits per heavy atom. The highest BCUT2D eigenvalue weighted by Crippen LogP contribution is 2.40. The van der Waals surface area contributed by atoms with Crippen LogP contribution in [0.5, 0.6) is 0 Å². The number of furan rings is 2. The number of rotatable bonds is 6. The second-order valence-electron chi connectivity index (χ2n) is 15.6. The average molecular weight is 809 g/mol. The van der Waals surface area contributed by atoms with Crippen molar-refractivity contribution in [1.82, 2.24) is 29.5 Å². The molecule has 5 heterocycles. The summed E-state index contributed by atoms with van der Waals surface area (Å²) >= 11 is 0. The average Bonchev–Trinajstić information content (AvgIpc) is 4.03. The Hall–Kier alpha value is -8.75. The Bertz CT molecular complexity index is 3910. The van der Waals surface area contributed by atoms with Gasteiger partial charge in [0.2, 0.25) is 5.95 Å². The van der Waals surface area contributed by atoms with Crippen molar-refractivity contribution in [3.8, 4) is 62.5 Å². The monoisotopic (exact) mass is 808 g/mol. The van der Waals surface area contributed by atoms with Gasteiger partial charge in [0.15, 0.2) is 23.1 Å². The van der Waals surface area contributed by atoms with Crippen LogP contribution in [0.4, 0.5) is 0 Å². The van der Waals surface area contributed by atoms with Crippen molar-refractivity contribution in [1.29, 1.82) is 0 Å². The topological polar surface area (TPSA) is 95.7 Å². The van der Waals surface area contributed by atoms with Crippen LogP contribution in [0.1, 0.15) is 0 Å². The number of fused-ring (bicyclic) bond motifs is 9. The fraction of sp³-hybridized carbons (Fsp3) is 0. The molecule has 0 aliphatic rings. The maximum absolute atomic E-state index is 6.86. The molecule has 0 saturated heterocycles. The van der Waals surface area contributed by atoms with Gasteiger partial charge < -0.3 is 8.83 Å². The van der Waals surface area contributed by atoms with Gasteiger partial charge in [-0.25, -0.2) is 15.0 Å². The van der Waals surface area contributed by atoms with E-state index >= 15 is 0 Å².